The van der Waals surface area contributed by atoms with Crippen molar-refractivity contribution in [3.05, 3.63) is 57.5 Å². The van der Waals surface area contributed by atoms with Crippen LogP contribution in [0.5, 0.6) is 0 Å². The Bertz CT molecular complexity index is 476. The summed E-state index contributed by atoms with van der Waals surface area (Å²) in [6.45, 7) is 1.89. The Kier molecular flexibility index (Phi) is 4.47. The summed E-state index contributed by atoms with van der Waals surface area (Å²) in [7, 11) is 0. The van der Waals surface area contributed by atoms with E-state index in [4.69, 9.17) is 5.84 Å². The number of benzene rings is 1. The summed E-state index contributed by atoms with van der Waals surface area (Å²) in [5.41, 5.74) is 4.60. The minimum atomic E-state index is -0.207. The van der Waals surface area contributed by atoms with Crippen molar-refractivity contribution in [3.8, 4) is 0 Å². The third-order valence-corrected chi connectivity index (χ3v) is 3.86. The zero-order chi connectivity index (χ0) is 13.0. The number of nitrogens with two attached hydrogens (primary N) is 1. The van der Waals surface area contributed by atoms with Crippen LogP contribution in [0.4, 0.5) is 4.39 Å². The Morgan fingerprint density at radius 3 is 2.83 bits per heavy atom. The van der Waals surface area contributed by atoms with Gasteiger partial charge in [-0.25, -0.2) is 4.39 Å². The molecule has 1 heterocycles. The second-order valence-corrected chi connectivity index (χ2v) is 5.43. The van der Waals surface area contributed by atoms with Crippen LogP contribution in [-0.2, 0) is 6.42 Å². The zero-order valence-corrected chi connectivity index (χ0v) is 11.1. The highest BCUT2D eigenvalue weighted by Gasteiger charge is 2.11. The summed E-state index contributed by atoms with van der Waals surface area (Å²) in [6, 6.07) is 9.18. The number of rotatable bonds is 5. The molecule has 3 N–H and O–H groups in total. The molecule has 4 heteroatoms. The molecule has 1 aromatic carbocycles. The van der Waals surface area contributed by atoms with Gasteiger partial charge in [-0.05, 0) is 54.5 Å². The van der Waals surface area contributed by atoms with Crippen molar-refractivity contribution in [1.29, 1.82) is 0 Å². The first kappa shape index (κ1) is 13.2. The maximum absolute atomic E-state index is 13.4. The zero-order valence-electron chi connectivity index (χ0n) is 10.3. The van der Waals surface area contributed by atoms with Crippen LogP contribution in [0.15, 0.2) is 35.7 Å². The van der Waals surface area contributed by atoms with E-state index in [0.29, 0.717) is 0 Å². The number of halogens is 1. The highest BCUT2D eigenvalue weighted by Crippen LogP contribution is 2.22. The summed E-state index contributed by atoms with van der Waals surface area (Å²) < 4.78 is 13.4. The highest BCUT2D eigenvalue weighted by atomic mass is 32.1. The molecule has 0 aliphatic heterocycles. The molecule has 0 spiro atoms. The van der Waals surface area contributed by atoms with Gasteiger partial charge < -0.3 is 0 Å². The molecule has 2 aromatic rings. The molecular weight excluding hydrogens is 247 g/mol. The lowest BCUT2D eigenvalue weighted by atomic mass is 10.00. The predicted octanol–water partition coefficient (Wildman–Crippen LogP) is 3.33. The topological polar surface area (TPSA) is 38.0 Å². The molecule has 0 amide bonds. The van der Waals surface area contributed by atoms with Crippen LogP contribution in [0.1, 0.15) is 28.5 Å². The Morgan fingerprint density at radius 2 is 2.22 bits per heavy atom. The fourth-order valence-electron chi connectivity index (χ4n) is 2.05. The van der Waals surface area contributed by atoms with E-state index >= 15 is 0 Å². The molecule has 1 atom stereocenters. The number of hydrogen-bond donors (Lipinski definition) is 2. The number of hydrazine groups is 1. The van der Waals surface area contributed by atoms with E-state index in [2.05, 4.69) is 16.9 Å². The van der Waals surface area contributed by atoms with Crippen molar-refractivity contribution in [2.45, 2.75) is 25.8 Å². The maximum atomic E-state index is 13.4. The van der Waals surface area contributed by atoms with E-state index in [-0.39, 0.29) is 11.9 Å². The fourth-order valence-corrected chi connectivity index (χ4v) is 2.78. The molecule has 2 rings (SSSR count). The first-order valence-electron chi connectivity index (χ1n) is 5.94. The van der Waals surface area contributed by atoms with E-state index in [0.717, 1.165) is 24.0 Å². The number of thiophene rings is 1. The van der Waals surface area contributed by atoms with E-state index < -0.39 is 0 Å². The minimum absolute atomic E-state index is 0.0125. The van der Waals surface area contributed by atoms with Crippen LogP contribution < -0.4 is 11.3 Å². The molecule has 0 aliphatic rings. The third kappa shape index (κ3) is 3.38. The average Bonchev–Trinajstić information content (AvgIpc) is 2.81. The van der Waals surface area contributed by atoms with Gasteiger partial charge in [-0.2, -0.15) is 0 Å². The Labute approximate surface area is 111 Å². The number of hydrogen-bond acceptors (Lipinski definition) is 3. The van der Waals surface area contributed by atoms with Crippen molar-refractivity contribution < 1.29 is 4.39 Å². The van der Waals surface area contributed by atoms with Gasteiger partial charge in [0.05, 0.1) is 0 Å². The standard InChI is InChI=1S/C14H17FN2S/c1-10-7-11(9-12(15)8-10)14(17-16)5-4-13-3-2-6-18-13/h2-3,6-9,14,17H,4-5,16H2,1H3. The second kappa shape index (κ2) is 6.09. The first-order chi connectivity index (χ1) is 8.69. The van der Waals surface area contributed by atoms with Crippen LogP contribution in [0, 0.1) is 12.7 Å². The average molecular weight is 264 g/mol. The van der Waals surface area contributed by atoms with Gasteiger partial charge in [-0.15, -0.1) is 11.3 Å². The van der Waals surface area contributed by atoms with Crippen molar-refractivity contribution in [2.75, 3.05) is 0 Å². The maximum Gasteiger partial charge on any atom is 0.123 e. The van der Waals surface area contributed by atoms with Crippen LogP contribution in [-0.4, -0.2) is 0 Å². The Balaban J connectivity index is 2.07. The molecule has 0 fully saturated rings. The van der Waals surface area contributed by atoms with Gasteiger partial charge in [0, 0.05) is 10.9 Å². The monoisotopic (exact) mass is 264 g/mol. The summed E-state index contributed by atoms with van der Waals surface area (Å²) >= 11 is 1.73. The van der Waals surface area contributed by atoms with Gasteiger partial charge in [-0.1, -0.05) is 12.1 Å². The largest absolute Gasteiger partial charge is 0.271 e. The van der Waals surface area contributed by atoms with Crippen molar-refractivity contribution in [3.63, 3.8) is 0 Å². The molecule has 0 radical (unpaired) electrons. The summed E-state index contributed by atoms with van der Waals surface area (Å²) in [6.07, 6.45) is 1.81. The fraction of sp³-hybridized carbons (Fsp3) is 0.286. The van der Waals surface area contributed by atoms with Gasteiger partial charge in [0.2, 0.25) is 0 Å². The van der Waals surface area contributed by atoms with E-state index in [1.165, 1.54) is 10.9 Å². The van der Waals surface area contributed by atoms with Crippen LogP contribution in [0.3, 0.4) is 0 Å². The summed E-state index contributed by atoms with van der Waals surface area (Å²) in [5, 5.41) is 2.06. The molecule has 0 saturated carbocycles. The highest BCUT2D eigenvalue weighted by molar-refractivity contribution is 7.09. The van der Waals surface area contributed by atoms with E-state index in [1.807, 2.05) is 19.1 Å². The summed E-state index contributed by atoms with van der Waals surface area (Å²) in [4.78, 5) is 1.32. The van der Waals surface area contributed by atoms with Crippen molar-refractivity contribution >= 4 is 11.3 Å². The SMILES string of the molecule is Cc1cc(F)cc(C(CCc2cccs2)NN)c1. The van der Waals surface area contributed by atoms with Crippen LogP contribution in [0.25, 0.3) is 0 Å². The molecule has 0 bridgehead atoms. The quantitative estimate of drug-likeness (QED) is 0.642. The number of nitrogens with one attached hydrogen (secondary N) is 1. The molecule has 0 saturated heterocycles. The van der Waals surface area contributed by atoms with Crippen LogP contribution in [0.2, 0.25) is 0 Å². The first-order valence-corrected chi connectivity index (χ1v) is 6.82. The molecule has 18 heavy (non-hydrogen) atoms. The Hall–Kier alpha value is -1.23. The van der Waals surface area contributed by atoms with Gasteiger partial charge >= 0.3 is 0 Å². The predicted molar refractivity (Wildman–Crippen MR) is 73.8 cm³/mol. The van der Waals surface area contributed by atoms with Gasteiger partial charge in [-0.3, -0.25) is 11.3 Å². The van der Waals surface area contributed by atoms with Crippen molar-refractivity contribution in [1.82, 2.24) is 5.43 Å². The van der Waals surface area contributed by atoms with Gasteiger partial charge in [0.15, 0.2) is 0 Å². The van der Waals surface area contributed by atoms with Gasteiger partial charge in [0.25, 0.3) is 0 Å². The third-order valence-electron chi connectivity index (χ3n) is 2.93. The van der Waals surface area contributed by atoms with E-state index in [9.17, 15) is 4.39 Å². The minimum Gasteiger partial charge on any atom is -0.271 e. The second-order valence-electron chi connectivity index (χ2n) is 4.40. The molecule has 0 aliphatic carbocycles. The normalized spacial score (nSPS) is 12.6. The molecule has 2 nitrogen and oxygen atoms in total. The lowest BCUT2D eigenvalue weighted by Crippen LogP contribution is -2.28. The lowest BCUT2D eigenvalue weighted by Gasteiger charge is -2.16. The van der Waals surface area contributed by atoms with E-state index in [1.54, 1.807) is 17.4 Å². The van der Waals surface area contributed by atoms with Gasteiger partial charge in [0.1, 0.15) is 5.82 Å². The molecule has 1 aromatic heterocycles. The number of aryl methyl sites for hydroxylation is 2. The molecular formula is C14H17FN2S. The Morgan fingerprint density at radius 1 is 1.39 bits per heavy atom. The van der Waals surface area contributed by atoms with Crippen LogP contribution >= 0.6 is 11.3 Å². The van der Waals surface area contributed by atoms with Crippen molar-refractivity contribution in [2.24, 2.45) is 5.84 Å². The lowest BCUT2D eigenvalue weighted by molar-refractivity contribution is 0.513. The summed E-state index contributed by atoms with van der Waals surface area (Å²) in [5.74, 6) is 5.37. The molecule has 1 unspecified atom stereocenters. The molecule has 96 valence electrons. The smallest absolute Gasteiger partial charge is 0.123 e.